The molecule has 0 spiro atoms. The SMILES string of the molecule is COc1ccc(NC(=O)c2nnn(-c3cccc(Cl)c3)c2N)cc1. The van der Waals surface area contributed by atoms with Crippen molar-refractivity contribution in [1.29, 1.82) is 0 Å². The lowest BCUT2D eigenvalue weighted by molar-refractivity contribution is 0.102. The van der Waals surface area contributed by atoms with E-state index in [1.807, 2.05) is 0 Å². The van der Waals surface area contributed by atoms with Gasteiger partial charge in [-0.25, -0.2) is 0 Å². The highest BCUT2D eigenvalue weighted by molar-refractivity contribution is 6.30. The molecule has 0 saturated carbocycles. The summed E-state index contributed by atoms with van der Waals surface area (Å²) in [5.74, 6) is 0.369. The minimum atomic E-state index is -0.453. The maximum atomic E-state index is 12.3. The van der Waals surface area contributed by atoms with E-state index in [9.17, 15) is 4.79 Å². The normalized spacial score (nSPS) is 10.4. The zero-order valence-corrected chi connectivity index (χ0v) is 13.5. The van der Waals surface area contributed by atoms with Crippen LogP contribution in [-0.4, -0.2) is 28.0 Å². The summed E-state index contributed by atoms with van der Waals surface area (Å²) >= 11 is 5.96. The third-order valence-corrected chi connectivity index (χ3v) is 3.56. The summed E-state index contributed by atoms with van der Waals surface area (Å²) in [7, 11) is 1.57. The van der Waals surface area contributed by atoms with E-state index in [0.29, 0.717) is 22.1 Å². The first-order valence-electron chi connectivity index (χ1n) is 7.01. The van der Waals surface area contributed by atoms with Crippen LogP contribution in [0.15, 0.2) is 48.5 Å². The highest BCUT2D eigenvalue weighted by Crippen LogP contribution is 2.20. The Morgan fingerprint density at radius 3 is 2.67 bits per heavy atom. The Balaban J connectivity index is 1.83. The number of benzene rings is 2. The number of carbonyl (C=O) groups is 1. The minimum absolute atomic E-state index is 0.0331. The monoisotopic (exact) mass is 343 g/mol. The summed E-state index contributed by atoms with van der Waals surface area (Å²) in [5.41, 5.74) is 7.25. The number of hydrogen-bond donors (Lipinski definition) is 2. The zero-order valence-electron chi connectivity index (χ0n) is 12.7. The molecule has 0 atom stereocenters. The van der Waals surface area contributed by atoms with Crippen LogP contribution >= 0.6 is 11.6 Å². The van der Waals surface area contributed by atoms with Crippen LogP contribution in [0, 0.1) is 0 Å². The summed E-state index contributed by atoms with van der Waals surface area (Å²) in [6, 6.07) is 13.8. The third kappa shape index (κ3) is 3.16. The van der Waals surface area contributed by atoms with Gasteiger partial charge >= 0.3 is 0 Å². The van der Waals surface area contributed by atoms with E-state index in [1.165, 1.54) is 4.68 Å². The van der Waals surface area contributed by atoms with Crippen molar-refractivity contribution in [3.05, 3.63) is 59.2 Å². The smallest absolute Gasteiger partial charge is 0.280 e. The highest BCUT2D eigenvalue weighted by atomic mass is 35.5. The van der Waals surface area contributed by atoms with Crippen LogP contribution in [0.4, 0.5) is 11.5 Å². The molecular weight excluding hydrogens is 330 g/mol. The summed E-state index contributed by atoms with van der Waals surface area (Å²) in [5, 5.41) is 11.0. The molecule has 122 valence electrons. The quantitative estimate of drug-likeness (QED) is 0.759. The van der Waals surface area contributed by atoms with E-state index < -0.39 is 5.91 Å². The van der Waals surface area contributed by atoms with Crippen molar-refractivity contribution in [3.8, 4) is 11.4 Å². The number of nitrogen functional groups attached to an aromatic ring is 1. The molecule has 3 rings (SSSR count). The van der Waals surface area contributed by atoms with Gasteiger partial charge in [-0.1, -0.05) is 22.9 Å². The van der Waals surface area contributed by atoms with Crippen molar-refractivity contribution in [3.63, 3.8) is 0 Å². The van der Waals surface area contributed by atoms with Gasteiger partial charge in [-0.05, 0) is 42.5 Å². The van der Waals surface area contributed by atoms with Crippen molar-refractivity contribution >= 4 is 29.0 Å². The minimum Gasteiger partial charge on any atom is -0.497 e. The van der Waals surface area contributed by atoms with Crippen LogP contribution in [0.3, 0.4) is 0 Å². The lowest BCUT2D eigenvalue weighted by Gasteiger charge is -2.06. The molecule has 0 aliphatic rings. The Hall–Kier alpha value is -3.06. The second kappa shape index (κ2) is 6.59. The predicted molar refractivity (Wildman–Crippen MR) is 91.7 cm³/mol. The van der Waals surface area contributed by atoms with Crippen LogP contribution in [0.1, 0.15) is 10.5 Å². The summed E-state index contributed by atoms with van der Waals surface area (Å²) in [6.07, 6.45) is 0. The molecule has 0 bridgehead atoms. The predicted octanol–water partition coefficient (Wildman–Crippen LogP) is 2.76. The average Bonchev–Trinajstić information content (AvgIpc) is 2.97. The number of nitrogens with zero attached hydrogens (tertiary/aromatic N) is 3. The highest BCUT2D eigenvalue weighted by Gasteiger charge is 2.18. The molecule has 8 heteroatoms. The van der Waals surface area contributed by atoms with Gasteiger partial charge in [-0.3, -0.25) is 4.79 Å². The number of anilines is 2. The lowest BCUT2D eigenvalue weighted by atomic mass is 10.3. The van der Waals surface area contributed by atoms with Gasteiger partial charge in [0.05, 0.1) is 12.8 Å². The number of hydrogen-bond acceptors (Lipinski definition) is 5. The summed E-state index contributed by atoms with van der Waals surface area (Å²) < 4.78 is 6.43. The van der Waals surface area contributed by atoms with Gasteiger partial charge in [-0.15, -0.1) is 5.10 Å². The Morgan fingerprint density at radius 1 is 1.25 bits per heavy atom. The second-order valence-corrected chi connectivity index (χ2v) is 5.33. The number of nitrogens with one attached hydrogen (secondary N) is 1. The number of aromatic nitrogens is 3. The number of rotatable bonds is 4. The maximum absolute atomic E-state index is 12.3. The molecule has 2 aromatic carbocycles. The van der Waals surface area contributed by atoms with Crippen LogP contribution in [-0.2, 0) is 0 Å². The Kier molecular flexibility index (Phi) is 4.35. The van der Waals surface area contributed by atoms with E-state index in [-0.39, 0.29) is 11.5 Å². The molecular formula is C16H14ClN5O2. The van der Waals surface area contributed by atoms with E-state index in [2.05, 4.69) is 15.6 Å². The Morgan fingerprint density at radius 2 is 2.00 bits per heavy atom. The van der Waals surface area contributed by atoms with Crippen LogP contribution in [0.25, 0.3) is 5.69 Å². The molecule has 24 heavy (non-hydrogen) atoms. The van der Waals surface area contributed by atoms with Gasteiger partial charge in [0.25, 0.3) is 5.91 Å². The Labute approximate surface area is 143 Å². The fourth-order valence-electron chi connectivity index (χ4n) is 2.11. The standard InChI is InChI=1S/C16H14ClN5O2/c1-24-13-7-5-11(6-8-13)19-16(23)14-15(18)22(21-20-14)12-4-2-3-10(17)9-12/h2-9H,18H2,1H3,(H,19,23). The largest absolute Gasteiger partial charge is 0.497 e. The first-order chi connectivity index (χ1) is 11.6. The number of nitrogens with two attached hydrogens (primary N) is 1. The molecule has 3 aromatic rings. The molecule has 3 N–H and O–H groups in total. The molecule has 0 aliphatic carbocycles. The maximum Gasteiger partial charge on any atom is 0.280 e. The van der Waals surface area contributed by atoms with E-state index >= 15 is 0 Å². The zero-order chi connectivity index (χ0) is 17.1. The fraction of sp³-hybridized carbons (Fsp3) is 0.0625. The van der Waals surface area contributed by atoms with Crippen LogP contribution < -0.4 is 15.8 Å². The molecule has 0 radical (unpaired) electrons. The molecule has 1 amide bonds. The van der Waals surface area contributed by atoms with E-state index in [1.54, 1.807) is 55.6 Å². The van der Waals surface area contributed by atoms with Gasteiger partial charge < -0.3 is 15.8 Å². The fourth-order valence-corrected chi connectivity index (χ4v) is 2.30. The van der Waals surface area contributed by atoms with Crippen LogP contribution in [0.5, 0.6) is 5.75 Å². The first-order valence-corrected chi connectivity index (χ1v) is 7.39. The van der Waals surface area contributed by atoms with Crippen molar-refractivity contribution in [1.82, 2.24) is 15.0 Å². The van der Waals surface area contributed by atoms with E-state index in [4.69, 9.17) is 22.1 Å². The number of carbonyl (C=O) groups excluding carboxylic acids is 1. The first kappa shape index (κ1) is 15.8. The Bertz CT molecular complexity index is 876. The second-order valence-electron chi connectivity index (χ2n) is 4.90. The lowest BCUT2D eigenvalue weighted by Crippen LogP contribution is -2.15. The summed E-state index contributed by atoms with van der Waals surface area (Å²) in [4.78, 5) is 12.3. The summed E-state index contributed by atoms with van der Waals surface area (Å²) in [6.45, 7) is 0. The molecule has 0 unspecified atom stereocenters. The van der Waals surface area contributed by atoms with E-state index in [0.717, 1.165) is 0 Å². The number of ether oxygens (including phenoxy) is 1. The molecule has 0 fully saturated rings. The van der Waals surface area contributed by atoms with Gasteiger partial charge in [0.2, 0.25) is 0 Å². The topological polar surface area (TPSA) is 95.1 Å². The van der Waals surface area contributed by atoms with Crippen molar-refractivity contribution in [2.75, 3.05) is 18.2 Å². The van der Waals surface area contributed by atoms with Crippen molar-refractivity contribution in [2.45, 2.75) is 0 Å². The molecule has 1 heterocycles. The molecule has 0 saturated heterocycles. The van der Waals surface area contributed by atoms with Gasteiger partial charge in [-0.2, -0.15) is 4.68 Å². The molecule has 1 aromatic heterocycles. The van der Waals surface area contributed by atoms with Crippen LogP contribution in [0.2, 0.25) is 5.02 Å². The van der Waals surface area contributed by atoms with Crippen molar-refractivity contribution < 1.29 is 9.53 Å². The third-order valence-electron chi connectivity index (χ3n) is 3.32. The molecule has 7 nitrogen and oxygen atoms in total. The number of halogens is 1. The van der Waals surface area contributed by atoms with Gasteiger partial charge in [0, 0.05) is 10.7 Å². The number of amides is 1. The van der Waals surface area contributed by atoms with Gasteiger partial charge in [0.1, 0.15) is 5.75 Å². The van der Waals surface area contributed by atoms with Gasteiger partial charge in [0.15, 0.2) is 11.5 Å². The van der Waals surface area contributed by atoms with Crippen molar-refractivity contribution in [2.24, 2.45) is 0 Å². The average molecular weight is 344 g/mol. The number of methoxy groups -OCH3 is 1. The molecule has 0 aliphatic heterocycles.